The zero-order valence-corrected chi connectivity index (χ0v) is 15.4. The van der Waals surface area contributed by atoms with Gasteiger partial charge in [0.15, 0.2) is 5.82 Å². The number of anilines is 1. The first kappa shape index (κ1) is 18.7. The van der Waals surface area contributed by atoms with Gasteiger partial charge in [0.05, 0.1) is 23.5 Å². The van der Waals surface area contributed by atoms with Crippen LogP contribution < -0.4 is 5.32 Å². The average Bonchev–Trinajstić information content (AvgIpc) is 2.68. The van der Waals surface area contributed by atoms with E-state index in [2.05, 4.69) is 20.3 Å². The van der Waals surface area contributed by atoms with Crippen molar-refractivity contribution < 1.29 is 19.4 Å². The molecule has 0 spiro atoms. The van der Waals surface area contributed by atoms with Crippen LogP contribution in [0.5, 0.6) is 0 Å². The zero-order chi connectivity index (χ0) is 19.7. The molecule has 2 heterocycles. The maximum atomic E-state index is 14.4. The Morgan fingerprint density at radius 1 is 1.18 bits per heavy atom. The van der Waals surface area contributed by atoms with Crippen LogP contribution in [0, 0.1) is 11.7 Å². The summed E-state index contributed by atoms with van der Waals surface area (Å²) in [4.78, 5) is 23.8. The van der Waals surface area contributed by atoms with Crippen molar-refractivity contribution in [3.05, 3.63) is 35.9 Å². The maximum absolute atomic E-state index is 14.4. The minimum Gasteiger partial charge on any atom is -0.481 e. The van der Waals surface area contributed by atoms with E-state index in [-0.39, 0.29) is 17.7 Å². The Morgan fingerprint density at radius 2 is 1.93 bits per heavy atom. The monoisotopic (exact) mass is 386 g/mol. The van der Waals surface area contributed by atoms with Gasteiger partial charge in [0.1, 0.15) is 11.3 Å². The number of aliphatic carboxylic acids is 1. The van der Waals surface area contributed by atoms with Gasteiger partial charge in [-0.1, -0.05) is 6.07 Å². The van der Waals surface area contributed by atoms with Crippen molar-refractivity contribution in [3.63, 3.8) is 0 Å². The van der Waals surface area contributed by atoms with Gasteiger partial charge in [0.25, 0.3) is 0 Å². The molecule has 2 fully saturated rings. The molecular weight excluding hydrogens is 363 g/mol. The Kier molecular flexibility index (Phi) is 4.97. The van der Waals surface area contributed by atoms with Crippen molar-refractivity contribution in [2.24, 2.45) is 5.92 Å². The second-order valence-electron chi connectivity index (χ2n) is 7.71. The van der Waals surface area contributed by atoms with Crippen LogP contribution in [0.15, 0.2) is 24.4 Å². The summed E-state index contributed by atoms with van der Waals surface area (Å²) >= 11 is 0. The molecule has 0 saturated heterocycles. The second-order valence-corrected chi connectivity index (χ2v) is 7.71. The Morgan fingerprint density at radius 3 is 2.57 bits per heavy atom. The number of hydrogen-bond donors (Lipinski definition) is 3. The number of halogens is 1. The van der Waals surface area contributed by atoms with Crippen molar-refractivity contribution in [1.82, 2.24) is 15.0 Å². The van der Waals surface area contributed by atoms with E-state index in [1.807, 2.05) is 0 Å². The minimum atomic E-state index is -0.927. The van der Waals surface area contributed by atoms with Gasteiger partial charge in [0, 0.05) is 6.04 Å². The van der Waals surface area contributed by atoms with E-state index in [9.17, 15) is 14.3 Å². The van der Waals surface area contributed by atoms with E-state index >= 15 is 0 Å². The lowest BCUT2D eigenvalue weighted by Crippen LogP contribution is -2.34. The van der Waals surface area contributed by atoms with E-state index in [0.717, 1.165) is 12.6 Å². The number of carbonyl (C=O) groups is 1. The third-order valence-corrected chi connectivity index (χ3v) is 5.80. The highest BCUT2D eigenvalue weighted by atomic mass is 19.1. The average molecular weight is 386 g/mol. The molecule has 8 heteroatoms. The Hall–Kier alpha value is -2.61. The second kappa shape index (κ2) is 7.43. The summed E-state index contributed by atoms with van der Waals surface area (Å²) in [5, 5.41) is 22.8. The molecule has 0 aromatic carbocycles. The van der Waals surface area contributed by atoms with Gasteiger partial charge in [-0.15, -0.1) is 0 Å². The van der Waals surface area contributed by atoms with Gasteiger partial charge in [-0.2, -0.15) is 0 Å². The molecule has 7 nitrogen and oxygen atoms in total. The Labute approximate surface area is 162 Å². The van der Waals surface area contributed by atoms with Crippen molar-refractivity contribution in [2.75, 3.05) is 5.32 Å². The fourth-order valence-electron chi connectivity index (χ4n) is 3.88. The Bertz CT molecular complexity index is 880. The summed E-state index contributed by atoms with van der Waals surface area (Å²) < 4.78 is 14.4. The van der Waals surface area contributed by atoms with E-state index in [0.29, 0.717) is 55.9 Å². The van der Waals surface area contributed by atoms with Crippen LogP contribution in [-0.4, -0.2) is 37.2 Å². The SMILES string of the molecule is O=C(O)[C@H]1CC[C@H](Nc2ncc(F)c(-c3cccc(C4(O)CCC4)n3)n2)CC1. The molecule has 0 amide bonds. The first-order valence-corrected chi connectivity index (χ1v) is 9.67. The number of aromatic nitrogens is 3. The first-order valence-electron chi connectivity index (χ1n) is 9.67. The predicted octanol–water partition coefficient (Wildman–Crippen LogP) is 3.10. The molecule has 0 unspecified atom stereocenters. The lowest BCUT2D eigenvalue weighted by molar-refractivity contribution is -0.142. The number of rotatable bonds is 5. The number of nitrogens with zero attached hydrogens (tertiary/aromatic N) is 3. The smallest absolute Gasteiger partial charge is 0.306 e. The van der Waals surface area contributed by atoms with Crippen LogP contribution in [0.2, 0.25) is 0 Å². The number of hydrogen-bond acceptors (Lipinski definition) is 6. The predicted molar refractivity (Wildman–Crippen MR) is 100.0 cm³/mol. The summed E-state index contributed by atoms with van der Waals surface area (Å²) in [6.07, 6.45) is 5.97. The van der Waals surface area contributed by atoms with Crippen molar-refractivity contribution in [2.45, 2.75) is 56.6 Å². The van der Waals surface area contributed by atoms with E-state index in [1.165, 1.54) is 0 Å². The number of aliphatic hydroxyl groups is 1. The molecule has 2 aliphatic carbocycles. The third kappa shape index (κ3) is 3.69. The zero-order valence-electron chi connectivity index (χ0n) is 15.4. The van der Waals surface area contributed by atoms with Crippen molar-refractivity contribution in [1.29, 1.82) is 0 Å². The molecule has 2 aliphatic rings. The van der Waals surface area contributed by atoms with Gasteiger partial charge >= 0.3 is 5.97 Å². The van der Waals surface area contributed by atoms with Gasteiger partial charge in [-0.05, 0) is 57.1 Å². The summed E-state index contributed by atoms with van der Waals surface area (Å²) in [6.45, 7) is 0. The molecule has 3 N–H and O–H groups in total. The van der Waals surface area contributed by atoms with E-state index in [1.54, 1.807) is 18.2 Å². The topological polar surface area (TPSA) is 108 Å². The van der Waals surface area contributed by atoms with Crippen LogP contribution >= 0.6 is 0 Å². The number of carboxylic acids is 1. The Balaban J connectivity index is 1.52. The lowest BCUT2D eigenvalue weighted by atomic mass is 9.77. The summed E-state index contributed by atoms with van der Waals surface area (Å²) in [7, 11) is 0. The number of nitrogens with one attached hydrogen (secondary N) is 1. The molecule has 0 radical (unpaired) electrons. The quantitative estimate of drug-likeness (QED) is 0.724. The molecule has 4 rings (SSSR count). The highest BCUT2D eigenvalue weighted by Gasteiger charge is 2.37. The van der Waals surface area contributed by atoms with Gasteiger partial charge in [0.2, 0.25) is 5.95 Å². The van der Waals surface area contributed by atoms with Crippen LogP contribution in [-0.2, 0) is 10.4 Å². The molecule has 0 atom stereocenters. The van der Waals surface area contributed by atoms with E-state index < -0.39 is 17.4 Å². The maximum Gasteiger partial charge on any atom is 0.306 e. The molecule has 0 bridgehead atoms. The van der Waals surface area contributed by atoms with Crippen molar-refractivity contribution in [3.8, 4) is 11.4 Å². The first-order chi connectivity index (χ1) is 13.4. The van der Waals surface area contributed by atoms with Crippen LogP contribution in [0.1, 0.15) is 50.6 Å². The molecule has 2 saturated carbocycles. The molecule has 148 valence electrons. The highest BCUT2D eigenvalue weighted by molar-refractivity contribution is 5.70. The summed E-state index contributed by atoms with van der Waals surface area (Å²) in [5.41, 5.74) is 0.0521. The van der Waals surface area contributed by atoms with Gasteiger partial charge in [-0.3, -0.25) is 4.79 Å². The van der Waals surface area contributed by atoms with Gasteiger partial charge < -0.3 is 15.5 Å². The lowest BCUT2D eigenvalue weighted by Gasteiger charge is -2.36. The largest absolute Gasteiger partial charge is 0.481 e. The highest BCUT2D eigenvalue weighted by Crippen LogP contribution is 2.40. The molecular formula is C20H23FN4O3. The summed E-state index contributed by atoms with van der Waals surface area (Å²) in [5.74, 6) is -1.33. The fraction of sp³-hybridized carbons (Fsp3) is 0.500. The van der Waals surface area contributed by atoms with Crippen LogP contribution in [0.4, 0.5) is 10.3 Å². The van der Waals surface area contributed by atoms with Crippen molar-refractivity contribution >= 4 is 11.9 Å². The number of pyridine rings is 1. The van der Waals surface area contributed by atoms with Gasteiger partial charge in [-0.25, -0.2) is 19.3 Å². The molecule has 0 aliphatic heterocycles. The van der Waals surface area contributed by atoms with E-state index in [4.69, 9.17) is 5.11 Å². The fourth-order valence-corrected chi connectivity index (χ4v) is 3.88. The number of carboxylic acid groups (broad SMARTS) is 1. The third-order valence-electron chi connectivity index (χ3n) is 5.80. The van der Waals surface area contributed by atoms with Crippen LogP contribution in [0.3, 0.4) is 0 Å². The molecule has 28 heavy (non-hydrogen) atoms. The minimum absolute atomic E-state index is 0.0592. The summed E-state index contributed by atoms with van der Waals surface area (Å²) in [6, 6.07) is 5.22. The standard InChI is InChI=1S/C20H23FN4O3/c21-14-11-22-19(23-13-7-5-12(6-8-13)18(26)27)25-17(14)15-3-1-4-16(24-15)20(28)9-2-10-20/h1,3-4,11-13,28H,2,5-10H2,(H,26,27)(H,22,23,25)/t12-,13-. The van der Waals surface area contributed by atoms with Crippen LogP contribution in [0.25, 0.3) is 11.4 Å². The normalized spacial score (nSPS) is 23.6. The molecule has 2 aromatic heterocycles. The molecule has 2 aromatic rings.